The van der Waals surface area contributed by atoms with Crippen molar-refractivity contribution >= 4 is 32.6 Å². The maximum absolute atomic E-state index is 13.5. The first-order chi connectivity index (χ1) is 13.6. The molecule has 0 unspecified atom stereocenters. The van der Waals surface area contributed by atoms with Gasteiger partial charge >= 0.3 is 0 Å². The van der Waals surface area contributed by atoms with Crippen molar-refractivity contribution in [2.24, 2.45) is 5.92 Å². The van der Waals surface area contributed by atoms with Crippen LogP contribution in [0.4, 0.5) is 5.13 Å². The van der Waals surface area contributed by atoms with Gasteiger partial charge in [-0.15, -0.1) is 0 Å². The summed E-state index contributed by atoms with van der Waals surface area (Å²) in [7, 11) is 0. The molecule has 1 saturated carbocycles. The number of aryl methyl sites for hydroxylation is 2. The lowest BCUT2D eigenvalue weighted by Gasteiger charge is -2.31. The molecule has 0 N–H and O–H groups in total. The molecule has 28 heavy (non-hydrogen) atoms. The third-order valence-corrected chi connectivity index (χ3v) is 7.34. The number of hydrogen-bond donors (Lipinski definition) is 0. The van der Waals surface area contributed by atoms with Crippen molar-refractivity contribution in [3.8, 4) is 0 Å². The molecule has 1 aliphatic heterocycles. The number of hydrogen-bond acceptors (Lipinski definition) is 5. The monoisotopic (exact) mass is 401 g/mol. The molecule has 1 aromatic heterocycles. The van der Waals surface area contributed by atoms with Gasteiger partial charge in [-0.25, -0.2) is 4.98 Å². The van der Waals surface area contributed by atoms with E-state index in [0.29, 0.717) is 6.54 Å². The predicted octanol–water partition coefficient (Wildman–Crippen LogP) is 4.16. The van der Waals surface area contributed by atoms with Gasteiger partial charge in [-0.3, -0.25) is 14.6 Å². The quantitative estimate of drug-likeness (QED) is 0.755. The molecule has 2 aliphatic rings. The van der Waals surface area contributed by atoms with Crippen LogP contribution < -0.4 is 4.90 Å². The van der Waals surface area contributed by atoms with Gasteiger partial charge in [0, 0.05) is 32.1 Å². The zero-order chi connectivity index (χ0) is 19.5. The molecular formula is C22H31N3O2S. The number of amides is 1. The number of benzene rings is 1. The molecule has 2 heterocycles. The van der Waals surface area contributed by atoms with E-state index < -0.39 is 0 Å². The highest BCUT2D eigenvalue weighted by atomic mass is 32.1. The van der Waals surface area contributed by atoms with Crippen LogP contribution in [0.25, 0.3) is 10.2 Å². The molecular weight excluding hydrogens is 370 g/mol. The Balaban J connectivity index is 1.60. The van der Waals surface area contributed by atoms with Crippen molar-refractivity contribution in [2.75, 3.05) is 44.3 Å². The van der Waals surface area contributed by atoms with Crippen molar-refractivity contribution in [1.29, 1.82) is 0 Å². The summed E-state index contributed by atoms with van der Waals surface area (Å²) < 4.78 is 6.68. The molecule has 152 valence electrons. The Kier molecular flexibility index (Phi) is 6.28. The topological polar surface area (TPSA) is 45.7 Å². The lowest BCUT2D eigenvalue weighted by molar-refractivity contribution is -0.123. The van der Waals surface area contributed by atoms with Gasteiger partial charge in [0.15, 0.2) is 5.13 Å². The minimum absolute atomic E-state index is 0.160. The summed E-state index contributed by atoms with van der Waals surface area (Å²) in [6, 6.07) is 4.28. The average molecular weight is 402 g/mol. The van der Waals surface area contributed by atoms with E-state index in [4.69, 9.17) is 9.72 Å². The van der Waals surface area contributed by atoms with Crippen molar-refractivity contribution in [2.45, 2.75) is 46.0 Å². The molecule has 2 aromatic rings. The molecule has 0 spiro atoms. The SMILES string of the molecule is Cc1ccc(C)c2sc(N(CCN3CCOCC3)C(=O)C3CCCCC3)nc12. The summed E-state index contributed by atoms with van der Waals surface area (Å²) in [5.41, 5.74) is 3.47. The third kappa shape index (κ3) is 4.24. The molecule has 0 radical (unpaired) electrons. The molecule has 0 bridgehead atoms. The fraction of sp³-hybridized carbons (Fsp3) is 0.636. The number of nitrogens with zero attached hydrogens (tertiary/aromatic N) is 3. The van der Waals surface area contributed by atoms with E-state index in [2.05, 4.69) is 30.9 Å². The van der Waals surface area contributed by atoms with E-state index in [1.807, 2.05) is 4.90 Å². The van der Waals surface area contributed by atoms with Crippen LogP contribution in [0.5, 0.6) is 0 Å². The fourth-order valence-corrected chi connectivity index (χ4v) is 5.44. The van der Waals surface area contributed by atoms with Gasteiger partial charge in [0.05, 0.1) is 23.4 Å². The molecule has 2 fully saturated rings. The van der Waals surface area contributed by atoms with E-state index >= 15 is 0 Å². The zero-order valence-corrected chi connectivity index (χ0v) is 17.9. The van der Waals surface area contributed by atoms with E-state index in [-0.39, 0.29) is 11.8 Å². The number of aromatic nitrogens is 1. The Hall–Kier alpha value is -1.50. The number of fused-ring (bicyclic) bond motifs is 1. The summed E-state index contributed by atoms with van der Waals surface area (Å²) in [6.45, 7) is 9.30. The van der Waals surface area contributed by atoms with Gasteiger partial charge in [-0.1, -0.05) is 42.7 Å². The third-order valence-electron chi connectivity index (χ3n) is 6.13. The number of carbonyl (C=O) groups is 1. The van der Waals surface area contributed by atoms with Crippen LogP contribution in [0.3, 0.4) is 0 Å². The van der Waals surface area contributed by atoms with Gasteiger partial charge in [0.2, 0.25) is 5.91 Å². The lowest BCUT2D eigenvalue weighted by atomic mass is 9.88. The first-order valence-corrected chi connectivity index (χ1v) is 11.4. The minimum Gasteiger partial charge on any atom is -0.379 e. The number of thiazole rings is 1. The van der Waals surface area contributed by atoms with Gasteiger partial charge in [-0.2, -0.15) is 0 Å². The summed E-state index contributed by atoms with van der Waals surface area (Å²) >= 11 is 1.68. The molecule has 4 rings (SSSR count). The van der Waals surface area contributed by atoms with Crippen LogP contribution in [-0.4, -0.2) is 55.2 Å². The van der Waals surface area contributed by atoms with E-state index in [1.54, 1.807) is 11.3 Å². The minimum atomic E-state index is 0.160. The Labute approximate surface area is 171 Å². The highest BCUT2D eigenvalue weighted by molar-refractivity contribution is 7.22. The molecule has 5 nitrogen and oxygen atoms in total. The Morgan fingerprint density at radius 1 is 1.18 bits per heavy atom. The van der Waals surface area contributed by atoms with Gasteiger partial charge in [0.25, 0.3) is 0 Å². The molecule has 0 atom stereocenters. The fourth-order valence-electron chi connectivity index (χ4n) is 4.30. The predicted molar refractivity (Wildman–Crippen MR) is 115 cm³/mol. The molecule has 6 heteroatoms. The standard InChI is InChI=1S/C22H31N3O2S/c1-16-8-9-17(2)20-19(16)23-22(28-20)25(11-10-24-12-14-27-15-13-24)21(26)18-6-4-3-5-7-18/h8-9,18H,3-7,10-15H2,1-2H3. The summed E-state index contributed by atoms with van der Waals surface area (Å²) in [4.78, 5) is 22.8. The highest BCUT2D eigenvalue weighted by Gasteiger charge is 2.29. The van der Waals surface area contributed by atoms with Crippen molar-refractivity contribution in [1.82, 2.24) is 9.88 Å². The van der Waals surface area contributed by atoms with Crippen LogP contribution in [0, 0.1) is 19.8 Å². The largest absolute Gasteiger partial charge is 0.379 e. The Bertz CT molecular complexity index is 784. The van der Waals surface area contributed by atoms with E-state index in [1.165, 1.54) is 35.1 Å². The van der Waals surface area contributed by atoms with E-state index in [9.17, 15) is 4.79 Å². The summed E-state index contributed by atoms with van der Waals surface area (Å²) in [5.74, 6) is 0.440. The second-order valence-corrected chi connectivity index (χ2v) is 9.13. The summed E-state index contributed by atoms with van der Waals surface area (Å²) in [6.07, 6.45) is 5.65. The van der Waals surface area contributed by atoms with Gasteiger partial charge < -0.3 is 4.74 Å². The van der Waals surface area contributed by atoms with Gasteiger partial charge in [0.1, 0.15) is 0 Å². The summed E-state index contributed by atoms with van der Waals surface area (Å²) in [5, 5.41) is 0.872. The first kappa shape index (κ1) is 19.8. The first-order valence-electron chi connectivity index (χ1n) is 10.6. The molecule has 1 amide bonds. The van der Waals surface area contributed by atoms with Crippen LogP contribution in [0.15, 0.2) is 12.1 Å². The maximum atomic E-state index is 13.5. The highest BCUT2D eigenvalue weighted by Crippen LogP contribution is 2.35. The van der Waals surface area contributed by atoms with Crippen molar-refractivity contribution in [3.63, 3.8) is 0 Å². The number of carbonyl (C=O) groups excluding carboxylic acids is 1. The Morgan fingerprint density at radius 3 is 2.61 bits per heavy atom. The average Bonchev–Trinajstić information content (AvgIpc) is 3.19. The van der Waals surface area contributed by atoms with Crippen LogP contribution in [0.1, 0.15) is 43.2 Å². The van der Waals surface area contributed by atoms with E-state index in [0.717, 1.165) is 56.3 Å². The second-order valence-electron chi connectivity index (χ2n) is 8.15. The number of anilines is 1. The lowest BCUT2D eigenvalue weighted by Crippen LogP contribution is -2.45. The van der Waals surface area contributed by atoms with Crippen molar-refractivity contribution in [3.05, 3.63) is 23.3 Å². The molecule has 1 saturated heterocycles. The van der Waals surface area contributed by atoms with Crippen LogP contribution in [-0.2, 0) is 9.53 Å². The second kappa shape index (κ2) is 8.89. The molecule has 1 aliphatic carbocycles. The van der Waals surface area contributed by atoms with Crippen LogP contribution >= 0.6 is 11.3 Å². The van der Waals surface area contributed by atoms with Crippen LogP contribution in [0.2, 0.25) is 0 Å². The Morgan fingerprint density at radius 2 is 1.89 bits per heavy atom. The maximum Gasteiger partial charge on any atom is 0.231 e. The number of ether oxygens (including phenoxy) is 1. The number of rotatable bonds is 5. The normalized spacial score (nSPS) is 19.2. The van der Waals surface area contributed by atoms with Crippen molar-refractivity contribution < 1.29 is 9.53 Å². The smallest absolute Gasteiger partial charge is 0.231 e. The zero-order valence-electron chi connectivity index (χ0n) is 17.1. The molecule has 1 aromatic carbocycles. The number of morpholine rings is 1. The van der Waals surface area contributed by atoms with Gasteiger partial charge in [-0.05, 0) is 37.8 Å².